The first-order chi connectivity index (χ1) is 9.70. The molecule has 0 saturated heterocycles. The van der Waals surface area contributed by atoms with Crippen LogP contribution in [0.25, 0.3) is 0 Å². The summed E-state index contributed by atoms with van der Waals surface area (Å²) in [4.78, 5) is 1.45. The number of thiophene rings is 1. The smallest absolute Gasteiger partial charge is 0.0334 e. The van der Waals surface area contributed by atoms with Crippen molar-refractivity contribution in [3.8, 4) is 0 Å². The van der Waals surface area contributed by atoms with Crippen molar-refractivity contribution in [1.29, 1.82) is 0 Å². The van der Waals surface area contributed by atoms with Gasteiger partial charge in [0.1, 0.15) is 0 Å². The highest BCUT2D eigenvalue weighted by Gasteiger charge is 2.13. The second kappa shape index (κ2) is 7.61. The summed E-state index contributed by atoms with van der Waals surface area (Å²) in [7, 11) is 0. The van der Waals surface area contributed by atoms with Gasteiger partial charge in [-0.25, -0.2) is 0 Å². The van der Waals surface area contributed by atoms with Gasteiger partial charge in [0.05, 0.1) is 0 Å². The van der Waals surface area contributed by atoms with Crippen molar-refractivity contribution >= 4 is 11.3 Å². The molecule has 1 aromatic heterocycles. The van der Waals surface area contributed by atoms with Crippen LogP contribution < -0.4 is 5.32 Å². The maximum Gasteiger partial charge on any atom is 0.0334 e. The summed E-state index contributed by atoms with van der Waals surface area (Å²) < 4.78 is 0. The molecule has 2 heteroatoms. The van der Waals surface area contributed by atoms with Crippen LogP contribution in [-0.2, 0) is 6.42 Å². The van der Waals surface area contributed by atoms with Crippen LogP contribution in [0.15, 0.2) is 35.7 Å². The van der Waals surface area contributed by atoms with Gasteiger partial charge in [0.15, 0.2) is 0 Å². The zero-order valence-corrected chi connectivity index (χ0v) is 13.6. The van der Waals surface area contributed by atoms with Gasteiger partial charge in [-0.15, -0.1) is 11.3 Å². The highest BCUT2D eigenvalue weighted by atomic mass is 32.1. The molecule has 2 aromatic rings. The fourth-order valence-electron chi connectivity index (χ4n) is 2.62. The summed E-state index contributed by atoms with van der Waals surface area (Å²) in [6.45, 7) is 7.71. The molecule has 0 amide bonds. The first kappa shape index (κ1) is 15.3. The maximum absolute atomic E-state index is 3.70. The highest BCUT2D eigenvalue weighted by molar-refractivity contribution is 7.10. The van der Waals surface area contributed by atoms with Crippen molar-refractivity contribution < 1.29 is 0 Å². The number of hydrogen-bond donors (Lipinski definition) is 1. The van der Waals surface area contributed by atoms with Crippen molar-refractivity contribution in [2.45, 2.75) is 46.1 Å². The Labute approximate surface area is 127 Å². The molecule has 0 fully saturated rings. The number of benzene rings is 1. The van der Waals surface area contributed by atoms with Gasteiger partial charge >= 0.3 is 0 Å². The number of rotatable bonds is 7. The van der Waals surface area contributed by atoms with Gasteiger partial charge in [-0.1, -0.05) is 36.8 Å². The van der Waals surface area contributed by atoms with E-state index in [-0.39, 0.29) is 0 Å². The third kappa shape index (κ3) is 4.19. The molecule has 0 radical (unpaired) electrons. The number of hydrogen-bond acceptors (Lipinski definition) is 2. The van der Waals surface area contributed by atoms with E-state index in [4.69, 9.17) is 0 Å². The molecule has 1 aromatic carbocycles. The third-order valence-corrected chi connectivity index (χ3v) is 4.58. The standard InChI is InChI=1S/C18H25NS/c1-4-11-19-18(17-10-12-20-15(17)3)9-8-16-7-5-6-14(2)13-16/h5-7,10,12-13,18-19H,4,8-9,11H2,1-3H3. The quantitative estimate of drug-likeness (QED) is 0.752. The first-order valence-corrected chi connectivity index (χ1v) is 8.41. The van der Waals surface area contributed by atoms with Crippen LogP contribution in [-0.4, -0.2) is 6.54 Å². The van der Waals surface area contributed by atoms with Gasteiger partial charge in [-0.05, 0) is 62.2 Å². The maximum atomic E-state index is 3.70. The second-order valence-corrected chi connectivity index (χ2v) is 6.59. The Balaban J connectivity index is 2.03. The fraction of sp³-hybridized carbons (Fsp3) is 0.444. The largest absolute Gasteiger partial charge is 0.310 e. The second-order valence-electron chi connectivity index (χ2n) is 5.47. The predicted octanol–water partition coefficient (Wildman–Crippen LogP) is 5.04. The molecule has 1 atom stereocenters. The van der Waals surface area contributed by atoms with Crippen LogP contribution in [0.5, 0.6) is 0 Å². The van der Waals surface area contributed by atoms with Gasteiger partial charge in [0.25, 0.3) is 0 Å². The topological polar surface area (TPSA) is 12.0 Å². The average molecular weight is 287 g/mol. The predicted molar refractivity (Wildman–Crippen MR) is 89.6 cm³/mol. The van der Waals surface area contributed by atoms with Crippen molar-refractivity contribution in [3.05, 3.63) is 57.3 Å². The number of aryl methyl sites for hydroxylation is 3. The van der Waals surface area contributed by atoms with E-state index in [0.29, 0.717) is 6.04 Å². The summed E-state index contributed by atoms with van der Waals surface area (Å²) in [6.07, 6.45) is 3.49. The summed E-state index contributed by atoms with van der Waals surface area (Å²) in [5.74, 6) is 0. The van der Waals surface area contributed by atoms with Gasteiger partial charge in [0.2, 0.25) is 0 Å². The molecule has 1 nitrogen and oxygen atoms in total. The van der Waals surface area contributed by atoms with E-state index in [9.17, 15) is 0 Å². The van der Waals surface area contributed by atoms with Crippen LogP contribution in [0.4, 0.5) is 0 Å². The Hall–Kier alpha value is -1.12. The molecule has 0 aliphatic rings. The van der Waals surface area contributed by atoms with Gasteiger partial charge in [-0.3, -0.25) is 0 Å². The van der Waals surface area contributed by atoms with E-state index < -0.39 is 0 Å². The molecule has 0 bridgehead atoms. The SMILES string of the molecule is CCCNC(CCc1cccc(C)c1)c1ccsc1C. The van der Waals surface area contributed by atoms with Crippen LogP contribution in [0.2, 0.25) is 0 Å². The molecule has 0 spiro atoms. The summed E-state index contributed by atoms with van der Waals surface area (Å²) in [5.41, 5.74) is 4.28. The Morgan fingerprint density at radius 1 is 1.20 bits per heavy atom. The lowest BCUT2D eigenvalue weighted by Gasteiger charge is -2.19. The third-order valence-electron chi connectivity index (χ3n) is 3.72. The molecule has 0 saturated carbocycles. The molecular formula is C18H25NS. The molecule has 1 N–H and O–H groups in total. The van der Waals surface area contributed by atoms with Crippen molar-refractivity contribution in [3.63, 3.8) is 0 Å². The zero-order chi connectivity index (χ0) is 14.4. The summed E-state index contributed by atoms with van der Waals surface area (Å²) >= 11 is 1.85. The van der Waals surface area contributed by atoms with Crippen molar-refractivity contribution in [2.24, 2.45) is 0 Å². The Morgan fingerprint density at radius 2 is 2.05 bits per heavy atom. The lowest BCUT2D eigenvalue weighted by molar-refractivity contribution is 0.499. The molecular weight excluding hydrogens is 262 g/mol. The minimum Gasteiger partial charge on any atom is -0.310 e. The Bertz CT molecular complexity index is 530. The number of nitrogens with one attached hydrogen (secondary N) is 1. The summed E-state index contributed by atoms with van der Waals surface area (Å²) in [6, 6.07) is 11.6. The van der Waals surface area contributed by atoms with Crippen molar-refractivity contribution in [1.82, 2.24) is 5.32 Å². The van der Waals surface area contributed by atoms with E-state index >= 15 is 0 Å². The molecule has 0 aliphatic carbocycles. The van der Waals surface area contributed by atoms with Crippen LogP contribution in [0, 0.1) is 13.8 Å². The molecule has 20 heavy (non-hydrogen) atoms. The minimum absolute atomic E-state index is 0.488. The fourth-order valence-corrected chi connectivity index (χ4v) is 3.39. The first-order valence-electron chi connectivity index (χ1n) is 7.53. The molecule has 0 aliphatic heterocycles. The lowest BCUT2D eigenvalue weighted by Crippen LogP contribution is -2.22. The van der Waals surface area contributed by atoms with Crippen molar-refractivity contribution in [2.75, 3.05) is 6.54 Å². The van der Waals surface area contributed by atoms with Gasteiger partial charge in [-0.2, -0.15) is 0 Å². The minimum atomic E-state index is 0.488. The summed E-state index contributed by atoms with van der Waals surface area (Å²) in [5, 5.41) is 5.91. The van der Waals surface area contributed by atoms with E-state index in [1.54, 1.807) is 0 Å². The lowest BCUT2D eigenvalue weighted by atomic mass is 9.98. The van der Waals surface area contributed by atoms with E-state index in [2.05, 4.69) is 61.8 Å². The molecule has 1 heterocycles. The van der Waals surface area contributed by atoms with Crippen LogP contribution in [0.1, 0.15) is 47.4 Å². The molecule has 108 valence electrons. The monoisotopic (exact) mass is 287 g/mol. The van der Waals surface area contributed by atoms with E-state index in [1.165, 1.54) is 34.4 Å². The van der Waals surface area contributed by atoms with Crippen LogP contribution in [0.3, 0.4) is 0 Å². The highest BCUT2D eigenvalue weighted by Crippen LogP contribution is 2.26. The van der Waals surface area contributed by atoms with E-state index in [0.717, 1.165) is 13.0 Å². The molecule has 2 rings (SSSR count). The Morgan fingerprint density at radius 3 is 2.70 bits per heavy atom. The Kier molecular flexibility index (Phi) is 5.81. The average Bonchev–Trinajstić information content (AvgIpc) is 2.85. The zero-order valence-electron chi connectivity index (χ0n) is 12.8. The van der Waals surface area contributed by atoms with E-state index in [1.807, 2.05) is 11.3 Å². The molecule has 1 unspecified atom stereocenters. The van der Waals surface area contributed by atoms with Crippen LogP contribution >= 0.6 is 11.3 Å². The van der Waals surface area contributed by atoms with Gasteiger partial charge in [0, 0.05) is 10.9 Å². The van der Waals surface area contributed by atoms with Gasteiger partial charge < -0.3 is 5.32 Å². The normalized spacial score (nSPS) is 12.6.